The summed E-state index contributed by atoms with van der Waals surface area (Å²) in [6.45, 7) is 0. The zero-order chi connectivity index (χ0) is 12.7. The highest BCUT2D eigenvalue weighted by Gasteiger charge is 2.11. The monoisotopic (exact) mass is 261 g/mol. The van der Waals surface area contributed by atoms with Crippen molar-refractivity contribution in [1.82, 2.24) is 9.78 Å². The molecule has 3 nitrogen and oxygen atoms in total. The van der Waals surface area contributed by atoms with Gasteiger partial charge in [0.1, 0.15) is 5.82 Å². The van der Waals surface area contributed by atoms with Crippen molar-refractivity contribution in [2.45, 2.75) is 0 Å². The number of hydrogen-bond donors (Lipinski definition) is 1. The molecule has 5 heteroatoms. The van der Waals surface area contributed by atoms with Gasteiger partial charge in [0, 0.05) is 11.5 Å². The molecule has 0 bridgehead atoms. The number of hydrogen-bond acceptors (Lipinski definition) is 2. The van der Waals surface area contributed by atoms with Crippen molar-refractivity contribution in [2.24, 2.45) is 0 Å². The Bertz CT molecular complexity index is 736. The van der Waals surface area contributed by atoms with Crippen LogP contribution < -0.4 is 5.73 Å². The van der Waals surface area contributed by atoms with E-state index >= 15 is 0 Å². The third kappa shape index (κ3) is 1.62. The molecule has 0 unspecified atom stereocenters. The molecule has 0 aliphatic rings. The first-order valence-electron chi connectivity index (χ1n) is 5.34. The first kappa shape index (κ1) is 11.0. The number of anilines is 1. The number of aromatic nitrogens is 2. The summed E-state index contributed by atoms with van der Waals surface area (Å²) < 4.78 is 14.9. The van der Waals surface area contributed by atoms with Crippen molar-refractivity contribution in [3.05, 3.63) is 53.4 Å². The molecule has 0 fully saturated rings. The summed E-state index contributed by atoms with van der Waals surface area (Å²) >= 11 is 5.78. The van der Waals surface area contributed by atoms with E-state index in [1.54, 1.807) is 10.9 Å². The molecular formula is C13H9ClFN3. The molecule has 2 aromatic carbocycles. The Morgan fingerprint density at radius 2 is 2.00 bits per heavy atom. The zero-order valence-corrected chi connectivity index (χ0v) is 10.0. The fourth-order valence-electron chi connectivity index (χ4n) is 1.90. The molecule has 0 aliphatic heterocycles. The topological polar surface area (TPSA) is 43.8 Å². The van der Waals surface area contributed by atoms with E-state index in [1.807, 2.05) is 24.3 Å². The SMILES string of the molecule is Nc1cc(F)c(Cl)cc1-n1ncc2ccccc21. The van der Waals surface area contributed by atoms with Crippen molar-refractivity contribution in [3.8, 4) is 5.69 Å². The van der Waals surface area contributed by atoms with E-state index in [4.69, 9.17) is 17.3 Å². The van der Waals surface area contributed by atoms with Crippen LogP contribution in [0.3, 0.4) is 0 Å². The van der Waals surface area contributed by atoms with Gasteiger partial charge in [-0.1, -0.05) is 29.8 Å². The summed E-state index contributed by atoms with van der Waals surface area (Å²) in [5.74, 6) is -0.533. The van der Waals surface area contributed by atoms with Crippen molar-refractivity contribution < 1.29 is 4.39 Å². The van der Waals surface area contributed by atoms with Gasteiger partial charge in [0.15, 0.2) is 0 Å². The molecule has 0 atom stereocenters. The average molecular weight is 262 g/mol. The quantitative estimate of drug-likeness (QED) is 0.682. The molecule has 3 rings (SSSR count). The van der Waals surface area contributed by atoms with Crippen LogP contribution in [0.5, 0.6) is 0 Å². The van der Waals surface area contributed by atoms with Crippen molar-refractivity contribution in [1.29, 1.82) is 0 Å². The minimum absolute atomic E-state index is 0.0266. The molecule has 1 heterocycles. The van der Waals surface area contributed by atoms with Gasteiger partial charge in [-0.05, 0) is 12.1 Å². The van der Waals surface area contributed by atoms with Crippen LogP contribution in [0.25, 0.3) is 16.6 Å². The van der Waals surface area contributed by atoms with E-state index in [-0.39, 0.29) is 5.02 Å². The lowest BCUT2D eigenvalue weighted by Gasteiger charge is -2.08. The highest BCUT2D eigenvalue weighted by atomic mass is 35.5. The predicted molar refractivity (Wildman–Crippen MR) is 70.5 cm³/mol. The molecule has 18 heavy (non-hydrogen) atoms. The molecule has 0 spiro atoms. The second kappa shape index (κ2) is 3.99. The summed E-state index contributed by atoms with van der Waals surface area (Å²) in [6.07, 6.45) is 1.73. The first-order valence-corrected chi connectivity index (χ1v) is 5.72. The summed E-state index contributed by atoms with van der Waals surface area (Å²) in [7, 11) is 0. The lowest BCUT2D eigenvalue weighted by molar-refractivity contribution is 0.628. The van der Waals surface area contributed by atoms with Gasteiger partial charge >= 0.3 is 0 Å². The Morgan fingerprint density at radius 1 is 1.22 bits per heavy atom. The minimum Gasteiger partial charge on any atom is -0.397 e. The minimum atomic E-state index is -0.533. The van der Waals surface area contributed by atoms with Gasteiger partial charge in [-0.2, -0.15) is 5.10 Å². The van der Waals surface area contributed by atoms with Crippen LogP contribution in [0, 0.1) is 5.82 Å². The van der Waals surface area contributed by atoms with Crippen LogP contribution in [0.4, 0.5) is 10.1 Å². The van der Waals surface area contributed by atoms with Crippen LogP contribution in [-0.4, -0.2) is 9.78 Å². The molecule has 3 aromatic rings. The Morgan fingerprint density at radius 3 is 2.83 bits per heavy atom. The molecule has 90 valence electrons. The number of nitrogen functional groups attached to an aromatic ring is 1. The van der Waals surface area contributed by atoms with E-state index < -0.39 is 5.82 Å². The smallest absolute Gasteiger partial charge is 0.143 e. The number of fused-ring (bicyclic) bond motifs is 1. The van der Waals surface area contributed by atoms with Crippen LogP contribution >= 0.6 is 11.6 Å². The van der Waals surface area contributed by atoms with Gasteiger partial charge in [0.05, 0.1) is 28.1 Å². The molecule has 0 saturated heterocycles. The third-order valence-electron chi connectivity index (χ3n) is 2.78. The maximum Gasteiger partial charge on any atom is 0.143 e. The summed E-state index contributed by atoms with van der Waals surface area (Å²) in [6, 6.07) is 10.4. The Balaban J connectivity index is 2.29. The molecule has 1 aromatic heterocycles. The Labute approximate surface area is 108 Å². The molecule has 0 amide bonds. The van der Waals surface area contributed by atoms with Gasteiger partial charge in [-0.25, -0.2) is 9.07 Å². The standard InChI is InChI=1S/C13H9ClFN3/c14-9-5-13(11(16)6-10(9)15)18-12-4-2-1-3-8(12)7-17-18/h1-7H,16H2. The fraction of sp³-hybridized carbons (Fsp3) is 0. The second-order valence-corrected chi connectivity index (χ2v) is 4.35. The summed E-state index contributed by atoms with van der Waals surface area (Å²) in [4.78, 5) is 0. The van der Waals surface area contributed by atoms with Crippen LogP contribution in [0.15, 0.2) is 42.6 Å². The number of nitrogens with two attached hydrogens (primary N) is 1. The first-order chi connectivity index (χ1) is 8.66. The lowest BCUT2D eigenvalue weighted by Crippen LogP contribution is -2.02. The van der Waals surface area contributed by atoms with Gasteiger partial charge in [-0.15, -0.1) is 0 Å². The Hall–Kier alpha value is -2.07. The predicted octanol–water partition coefficient (Wildman–Crippen LogP) is 3.40. The largest absolute Gasteiger partial charge is 0.397 e. The highest BCUT2D eigenvalue weighted by molar-refractivity contribution is 6.31. The Kier molecular flexibility index (Phi) is 2.45. The van der Waals surface area contributed by atoms with Crippen molar-refractivity contribution in [2.75, 3.05) is 5.73 Å². The summed E-state index contributed by atoms with van der Waals surface area (Å²) in [5, 5.41) is 5.26. The zero-order valence-electron chi connectivity index (χ0n) is 9.27. The van der Waals surface area contributed by atoms with E-state index in [9.17, 15) is 4.39 Å². The third-order valence-corrected chi connectivity index (χ3v) is 3.06. The lowest BCUT2D eigenvalue weighted by atomic mass is 10.2. The van der Waals surface area contributed by atoms with Crippen LogP contribution in [-0.2, 0) is 0 Å². The molecule has 0 saturated carbocycles. The maximum atomic E-state index is 13.3. The van der Waals surface area contributed by atoms with Gasteiger partial charge < -0.3 is 5.73 Å². The van der Waals surface area contributed by atoms with Crippen molar-refractivity contribution in [3.63, 3.8) is 0 Å². The molecule has 2 N–H and O–H groups in total. The van der Waals surface area contributed by atoms with Gasteiger partial charge in [0.2, 0.25) is 0 Å². The van der Waals surface area contributed by atoms with E-state index in [0.717, 1.165) is 10.9 Å². The number of nitrogens with zero attached hydrogens (tertiary/aromatic N) is 2. The maximum absolute atomic E-state index is 13.3. The normalized spacial score (nSPS) is 11.0. The fourth-order valence-corrected chi connectivity index (χ4v) is 2.06. The number of para-hydroxylation sites is 1. The number of rotatable bonds is 1. The average Bonchev–Trinajstić information content (AvgIpc) is 2.78. The molecule has 0 radical (unpaired) electrons. The van der Waals surface area contributed by atoms with Crippen molar-refractivity contribution >= 4 is 28.2 Å². The number of halogens is 2. The second-order valence-electron chi connectivity index (χ2n) is 3.94. The van der Waals surface area contributed by atoms with Crippen LogP contribution in [0.1, 0.15) is 0 Å². The van der Waals surface area contributed by atoms with Gasteiger partial charge in [-0.3, -0.25) is 0 Å². The van der Waals surface area contributed by atoms with Crippen LogP contribution in [0.2, 0.25) is 5.02 Å². The van der Waals surface area contributed by atoms with E-state index in [2.05, 4.69) is 5.10 Å². The van der Waals surface area contributed by atoms with E-state index in [0.29, 0.717) is 11.4 Å². The molecule has 0 aliphatic carbocycles. The van der Waals surface area contributed by atoms with Gasteiger partial charge in [0.25, 0.3) is 0 Å². The summed E-state index contributed by atoms with van der Waals surface area (Å²) in [5.41, 5.74) is 7.58. The van der Waals surface area contributed by atoms with E-state index in [1.165, 1.54) is 12.1 Å². The highest BCUT2D eigenvalue weighted by Crippen LogP contribution is 2.27. The number of benzene rings is 2. The molecular weight excluding hydrogens is 253 g/mol.